The molecule has 0 saturated heterocycles. The van der Waals surface area contributed by atoms with Crippen molar-refractivity contribution in [1.82, 2.24) is 14.8 Å². The summed E-state index contributed by atoms with van der Waals surface area (Å²) in [4.78, 5) is 16.7. The van der Waals surface area contributed by atoms with Gasteiger partial charge in [-0.25, -0.2) is 9.07 Å². The molecule has 1 heterocycles. The molecule has 11 heteroatoms. The van der Waals surface area contributed by atoms with E-state index >= 15 is 0 Å². The number of methoxy groups -OCH3 is 1. The van der Waals surface area contributed by atoms with Crippen LogP contribution in [-0.2, 0) is 10.9 Å². The van der Waals surface area contributed by atoms with Crippen LogP contribution in [0.15, 0.2) is 72.8 Å². The van der Waals surface area contributed by atoms with Gasteiger partial charge in [-0.3, -0.25) is 4.79 Å². The summed E-state index contributed by atoms with van der Waals surface area (Å²) < 4.78 is 64.2. The van der Waals surface area contributed by atoms with Gasteiger partial charge in [-0.15, -0.1) is 5.10 Å². The van der Waals surface area contributed by atoms with Crippen molar-refractivity contribution < 1.29 is 31.8 Å². The summed E-state index contributed by atoms with van der Waals surface area (Å²) in [6.45, 7) is 0.474. The zero-order chi connectivity index (χ0) is 25.7. The zero-order valence-electron chi connectivity index (χ0n) is 18.9. The van der Waals surface area contributed by atoms with Crippen molar-refractivity contribution in [1.29, 1.82) is 0 Å². The van der Waals surface area contributed by atoms with Crippen LogP contribution in [-0.4, -0.2) is 41.0 Å². The summed E-state index contributed by atoms with van der Waals surface area (Å²) in [5.74, 6) is -0.751. The standard InChI is InChI=1S/C25H20F4N4O3/c1-35-13-14-36-24-31-22(16-5-7-18(8-6-16)25(27,28)29)33(32-24)21-11-9-20(10-12-21)30-23(34)17-3-2-4-19(26)15-17/h2-12,15H,13-14H2,1H3,(H,30,34). The molecule has 186 valence electrons. The molecule has 0 aliphatic carbocycles. The number of ether oxygens (including phenoxy) is 2. The van der Waals surface area contributed by atoms with Gasteiger partial charge in [0.1, 0.15) is 12.4 Å². The number of benzene rings is 3. The Morgan fingerprint density at radius 2 is 1.72 bits per heavy atom. The normalized spacial score (nSPS) is 11.4. The summed E-state index contributed by atoms with van der Waals surface area (Å²) in [5, 5.41) is 7.00. The van der Waals surface area contributed by atoms with Crippen LogP contribution in [0.4, 0.5) is 23.2 Å². The molecule has 0 fully saturated rings. The van der Waals surface area contributed by atoms with E-state index in [0.29, 0.717) is 23.5 Å². The number of nitrogens with zero attached hydrogens (tertiary/aromatic N) is 3. The van der Waals surface area contributed by atoms with Gasteiger partial charge >= 0.3 is 12.2 Å². The fourth-order valence-corrected chi connectivity index (χ4v) is 3.26. The molecule has 0 atom stereocenters. The van der Waals surface area contributed by atoms with Gasteiger partial charge in [0.2, 0.25) is 0 Å². The van der Waals surface area contributed by atoms with Crippen molar-refractivity contribution in [2.75, 3.05) is 25.6 Å². The Labute approximate surface area is 203 Å². The van der Waals surface area contributed by atoms with E-state index in [9.17, 15) is 22.4 Å². The molecule has 0 radical (unpaired) electrons. The van der Waals surface area contributed by atoms with Gasteiger partial charge in [0.15, 0.2) is 5.82 Å². The van der Waals surface area contributed by atoms with Crippen LogP contribution >= 0.6 is 0 Å². The van der Waals surface area contributed by atoms with Crippen LogP contribution in [0, 0.1) is 5.82 Å². The maximum Gasteiger partial charge on any atom is 0.416 e. The van der Waals surface area contributed by atoms with Crippen molar-refractivity contribution in [2.45, 2.75) is 6.18 Å². The van der Waals surface area contributed by atoms with Gasteiger partial charge in [-0.2, -0.15) is 18.2 Å². The SMILES string of the molecule is COCCOc1nc(-c2ccc(C(F)(F)F)cc2)n(-c2ccc(NC(=O)c3cccc(F)c3)cc2)n1. The first-order chi connectivity index (χ1) is 17.2. The molecule has 1 N–H and O–H groups in total. The van der Waals surface area contributed by atoms with Crippen molar-refractivity contribution in [3.8, 4) is 23.1 Å². The molecule has 4 rings (SSSR count). The molecule has 3 aromatic carbocycles. The van der Waals surface area contributed by atoms with E-state index in [2.05, 4.69) is 15.4 Å². The quantitative estimate of drug-likeness (QED) is 0.260. The lowest BCUT2D eigenvalue weighted by molar-refractivity contribution is -0.137. The van der Waals surface area contributed by atoms with Crippen LogP contribution < -0.4 is 10.1 Å². The molecule has 1 amide bonds. The van der Waals surface area contributed by atoms with Gasteiger partial charge in [0, 0.05) is 23.9 Å². The van der Waals surface area contributed by atoms with E-state index in [-0.39, 0.29) is 24.0 Å². The third-order valence-corrected chi connectivity index (χ3v) is 5.03. The Bertz CT molecular complexity index is 1340. The minimum Gasteiger partial charge on any atom is -0.460 e. The topological polar surface area (TPSA) is 78.3 Å². The van der Waals surface area contributed by atoms with E-state index in [0.717, 1.165) is 18.2 Å². The number of anilines is 1. The lowest BCUT2D eigenvalue weighted by atomic mass is 10.1. The average Bonchev–Trinajstić information content (AvgIpc) is 3.28. The van der Waals surface area contributed by atoms with Gasteiger partial charge in [-0.05, 0) is 54.6 Å². The number of carbonyl (C=O) groups excluding carboxylic acids is 1. The van der Waals surface area contributed by atoms with E-state index < -0.39 is 23.5 Å². The van der Waals surface area contributed by atoms with Crippen molar-refractivity contribution in [3.05, 3.63) is 89.7 Å². The van der Waals surface area contributed by atoms with Gasteiger partial charge in [0.25, 0.3) is 5.91 Å². The smallest absolute Gasteiger partial charge is 0.416 e. The number of nitrogens with one attached hydrogen (secondary N) is 1. The molecule has 0 aliphatic heterocycles. The van der Waals surface area contributed by atoms with Gasteiger partial charge in [0.05, 0.1) is 17.9 Å². The summed E-state index contributed by atoms with van der Waals surface area (Å²) in [5.41, 5.74) is 0.731. The number of carbonyl (C=O) groups is 1. The number of aromatic nitrogens is 3. The first kappa shape index (κ1) is 24.9. The maximum absolute atomic E-state index is 13.4. The lowest BCUT2D eigenvalue weighted by Gasteiger charge is -2.10. The third kappa shape index (κ3) is 5.87. The minimum absolute atomic E-state index is 0.0189. The highest BCUT2D eigenvalue weighted by atomic mass is 19.4. The molecular weight excluding hydrogens is 480 g/mol. The van der Waals surface area contributed by atoms with Crippen LogP contribution in [0.25, 0.3) is 17.1 Å². The highest BCUT2D eigenvalue weighted by molar-refractivity contribution is 6.04. The van der Waals surface area contributed by atoms with Crippen LogP contribution in [0.1, 0.15) is 15.9 Å². The number of halogens is 4. The van der Waals surface area contributed by atoms with Crippen LogP contribution in [0.2, 0.25) is 0 Å². The Morgan fingerprint density at radius 1 is 1.00 bits per heavy atom. The Hall–Kier alpha value is -4.25. The third-order valence-electron chi connectivity index (χ3n) is 5.03. The average molecular weight is 500 g/mol. The molecule has 36 heavy (non-hydrogen) atoms. The summed E-state index contributed by atoms with van der Waals surface area (Å²) in [6, 6.07) is 16.3. The predicted molar refractivity (Wildman–Crippen MR) is 124 cm³/mol. The molecule has 0 unspecified atom stereocenters. The Kier molecular flexibility index (Phi) is 7.30. The van der Waals surface area contributed by atoms with E-state index in [1.54, 1.807) is 24.3 Å². The molecule has 1 aromatic heterocycles. The summed E-state index contributed by atoms with van der Waals surface area (Å²) in [7, 11) is 1.51. The second-order valence-corrected chi connectivity index (χ2v) is 7.56. The number of hydrogen-bond donors (Lipinski definition) is 1. The fourth-order valence-electron chi connectivity index (χ4n) is 3.26. The lowest BCUT2D eigenvalue weighted by Crippen LogP contribution is -2.12. The molecular formula is C25H20F4N4O3. The highest BCUT2D eigenvalue weighted by Gasteiger charge is 2.30. The van der Waals surface area contributed by atoms with Crippen LogP contribution in [0.3, 0.4) is 0 Å². The molecule has 0 spiro atoms. The van der Waals surface area contributed by atoms with Gasteiger partial charge < -0.3 is 14.8 Å². The summed E-state index contributed by atoms with van der Waals surface area (Å²) in [6.07, 6.45) is -4.47. The summed E-state index contributed by atoms with van der Waals surface area (Å²) >= 11 is 0. The predicted octanol–water partition coefficient (Wildman–Crippen LogP) is 5.37. The second kappa shape index (κ2) is 10.6. The first-order valence-electron chi connectivity index (χ1n) is 10.7. The maximum atomic E-state index is 13.4. The Balaban J connectivity index is 1.61. The fraction of sp³-hybridized carbons (Fsp3) is 0.160. The van der Waals surface area contributed by atoms with E-state index in [1.165, 1.54) is 42.1 Å². The molecule has 4 aromatic rings. The number of rotatable bonds is 8. The van der Waals surface area contributed by atoms with Crippen molar-refractivity contribution >= 4 is 11.6 Å². The molecule has 7 nitrogen and oxygen atoms in total. The number of amides is 1. The molecule has 0 aliphatic rings. The zero-order valence-corrected chi connectivity index (χ0v) is 18.9. The van der Waals surface area contributed by atoms with Crippen molar-refractivity contribution in [2.24, 2.45) is 0 Å². The first-order valence-corrected chi connectivity index (χ1v) is 10.7. The molecule has 0 bridgehead atoms. The van der Waals surface area contributed by atoms with Gasteiger partial charge in [-0.1, -0.05) is 18.2 Å². The largest absolute Gasteiger partial charge is 0.460 e. The van der Waals surface area contributed by atoms with Crippen LogP contribution in [0.5, 0.6) is 6.01 Å². The van der Waals surface area contributed by atoms with E-state index in [4.69, 9.17) is 9.47 Å². The molecule has 0 saturated carbocycles. The monoisotopic (exact) mass is 500 g/mol. The second-order valence-electron chi connectivity index (χ2n) is 7.56. The Morgan fingerprint density at radius 3 is 2.36 bits per heavy atom. The minimum atomic E-state index is -4.47. The van der Waals surface area contributed by atoms with E-state index in [1.807, 2.05) is 0 Å². The number of alkyl halides is 3. The van der Waals surface area contributed by atoms with Crippen molar-refractivity contribution in [3.63, 3.8) is 0 Å². The number of hydrogen-bond acceptors (Lipinski definition) is 5. The highest BCUT2D eigenvalue weighted by Crippen LogP contribution is 2.31.